The number of methoxy groups -OCH3 is 1. The highest BCUT2D eigenvalue weighted by Crippen LogP contribution is 2.35. The van der Waals surface area contributed by atoms with Crippen LogP contribution in [-0.2, 0) is 21.4 Å². The summed E-state index contributed by atoms with van der Waals surface area (Å²) < 4.78 is 72.1. The Morgan fingerprint density at radius 3 is 2.38 bits per heavy atom. The Morgan fingerprint density at radius 1 is 1.15 bits per heavy atom. The molecule has 0 fully saturated rings. The highest BCUT2D eigenvalue weighted by atomic mass is 32.2. The number of carbonyl (C=O) groups excluding carboxylic acids is 1. The molecule has 34 heavy (non-hydrogen) atoms. The van der Waals surface area contributed by atoms with E-state index in [9.17, 15) is 26.4 Å². The van der Waals surface area contributed by atoms with Crippen LogP contribution in [0, 0.1) is 5.92 Å². The first kappa shape index (κ1) is 25.3. The van der Waals surface area contributed by atoms with Gasteiger partial charge in [0.05, 0.1) is 25.6 Å². The maximum atomic E-state index is 12.7. The van der Waals surface area contributed by atoms with Crippen molar-refractivity contribution < 1.29 is 35.9 Å². The monoisotopic (exact) mass is 499 g/mol. The van der Waals surface area contributed by atoms with E-state index in [4.69, 9.17) is 4.74 Å². The molecule has 1 heterocycles. The summed E-state index contributed by atoms with van der Waals surface area (Å²) in [6.07, 6.45) is -3.03. The Hall–Kier alpha value is -3.28. The lowest BCUT2D eigenvalue weighted by Crippen LogP contribution is -2.36. The lowest BCUT2D eigenvalue weighted by atomic mass is 9.89. The molecule has 2 aromatic rings. The fourth-order valence-corrected chi connectivity index (χ4v) is 4.10. The minimum atomic E-state index is -4.86. The molecule has 0 aromatic heterocycles. The number of halogens is 3. The number of benzene rings is 2. The molecule has 12 heteroatoms. The van der Waals surface area contributed by atoms with Crippen LogP contribution in [0.1, 0.15) is 30.9 Å². The van der Waals surface area contributed by atoms with Crippen molar-refractivity contribution in [2.24, 2.45) is 11.0 Å². The lowest BCUT2D eigenvalue weighted by molar-refractivity contribution is -0.275. The number of hydrazone groups is 1. The number of hydrogen-bond acceptors (Lipinski definition) is 6. The Kier molecular flexibility index (Phi) is 7.39. The second kappa shape index (κ2) is 9.92. The second-order valence-corrected chi connectivity index (χ2v) is 9.48. The molecule has 1 aliphatic rings. The number of rotatable bonds is 8. The predicted molar refractivity (Wildman–Crippen MR) is 120 cm³/mol. The third-order valence-corrected chi connectivity index (χ3v) is 5.70. The van der Waals surface area contributed by atoms with Gasteiger partial charge in [-0.05, 0) is 42.3 Å². The predicted octanol–water partition coefficient (Wildman–Crippen LogP) is 4.13. The van der Waals surface area contributed by atoms with Gasteiger partial charge in [0.2, 0.25) is 15.9 Å². The van der Waals surface area contributed by atoms with E-state index >= 15 is 0 Å². The number of hydrogen-bond donors (Lipinski definition) is 1. The molecule has 1 amide bonds. The normalized spacial score (nSPS) is 16.8. The van der Waals surface area contributed by atoms with Crippen molar-refractivity contribution in [1.82, 2.24) is 5.01 Å². The molecule has 0 bridgehead atoms. The smallest absolute Gasteiger partial charge is 0.493 e. The van der Waals surface area contributed by atoms with Crippen LogP contribution in [0.25, 0.3) is 0 Å². The van der Waals surface area contributed by atoms with Crippen molar-refractivity contribution in [3.63, 3.8) is 0 Å². The molecular weight excluding hydrogens is 475 g/mol. The van der Waals surface area contributed by atoms with Gasteiger partial charge in [-0.2, -0.15) is 5.10 Å². The minimum Gasteiger partial charge on any atom is -0.493 e. The molecule has 2 aromatic carbocycles. The third-order valence-electron chi connectivity index (χ3n) is 5.09. The Labute approximate surface area is 195 Å². The number of carbonyl (C=O) groups is 1. The highest BCUT2D eigenvalue weighted by Gasteiger charge is 2.33. The summed E-state index contributed by atoms with van der Waals surface area (Å²) in [5, 5.41) is 5.81. The number of amides is 1. The number of sulfonamides is 1. The molecule has 1 atom stereocenters. The molecule has 1 N–H and O–H groups in total. The summed E-state index contributed by atoms with van der Waals surface area (Å²) in [4.78, 5) is 12.7. The van der Waals surface area contributed by atoms with Gasteiger partial charge in [0.1, 0.15) is 0 Å². The van der Waals surface area contributed by atoms with Crippen LogP contribution in [0.3, 0.4) is 0 Å². The van der Waals surface area contributed by atoms with E-state index in [2.05, 4.69) is 14.6 Å². The van der Waals surface area contributed by atoms with Gasteiger partial charge < -0.3 is 9.47 Å². The Balaban J connectivity index is 1.88. The van der Waals surface area contributed by atoms with Gasteiger partial charge in [0, 0.05) is 23.6 Å². The fourth-order valence-electron chi connectivity index (χ4n) is 3.54. The molecule has 3 rings (SSSR count). The molecule has 1 unspecified atom stereocenters. The number of ether oxygens (including phenoxy) is 2. The van der Waals surface area contributed by atoms with Crippen LogP contribution < -0.4 is 14.2 Å². The molecule has 0 saturated carbocycles. The third kappa shape index (κ3) is 6.62. The largest absolute Gasteiger partial charge is 0.573 e. The number of nitrogens with zero attached hydrogens (tertiary/aromatic N) is 2. The Morgan fingerprint density at radius 2 is 1.82 bits per heavy atom. The number of alkyl halides is 3. The minimum absolute atomic E-state index is 0.107. The van der Waals surface area contributed by atoms with Gasteiger partial charge >= 0.3 is 6.36 Å². The summed E-state index contributed by atoms with van der Waals surface area (Å²) >= 11 is 0. The standard InChI is InChI=1S/C22H24F3N3O5S/c1-4-15-12-20(29)28(13-14-5-8-17(9-6-14)27-34(3,30)31)26-21(15)16-7-10-18(19(11-16)32-2)33-22(23,24)25/h5-11,15,27H,4,12-13H2,1-3H3. The summed E-state index contributed by atoms with van der Waals surface area (Å²) in [7, 11) is -2.17. The van der Waals surface area contributed by atoms with Gasteiger partial charge in [-0.1, -0.05) is 19.1 Å². The van der Waals surface area contributed by atoms with Crippen molar-refractivity contribution in [1.29, 1.82) is 0 Å². The quantitative estimate of drug-likeness (QED) is 0.589. The molecule has 0 saturated heterocycles. The molecule has 1 aliphatic heterocycles. The van der Waals surface area contributed by atoms with Gasteiger partial charge in [-0.15, -0.1) is 13.2 Å². The topological polar surface area (TPSA) is 97.3 Å². The molecule has 8 nitrogen and oxygen atoms in total. The number of anilines is 1. The van der Waals surface area contributed by atoms with Crippen LogP contribution in [0.2, 0.25) is 0 Å². The van der Waals surface area contributed by atoms with Crippen LogP contribution >= 0.6 is 0 Å². The lowest BCUT2D eigenvalue weighted by Gasteiger charge is -2.29. The first-order valence-electron chi connectivity index (χ1n) is 10.3. The number of nitrogens with one attached hydrogen (secondary N) is 1. The first-order valence-corrected chi connectivity index (χ1v) is 12.2. The molecular formula is C22H24F3N3O5S. The van der Waals surface area contributed by atoms with Gasteiger partial charge in [-0.3, -0.25) is 9.52 Å². The van der Waals surface area contributed by atoms with Gasteiger partial charge in [0.15, 0.2) is 11.5 Å². The van der Waals surface area contributed by atoms with Gasteiger partial charge in [0.25, 0.3) is 0 Å². The van der Waals surface area contributed by atoms with Crippen molar-refractivity contribution in [3.8, 4) is 11.5 Å². The van der Waals surface area contributed by atoms with E-state index in [1.165, 1.54) is 24.3 Å². The molecule has 184 valence electrons. The van der Waals surface area contributed by atoms with Crippen molar-refractivity contribution in [2.75, 3.05) is 18.1 Å². The SMILES string of the molecule is CCC1CC(=O)N(Cc2ccc(NS(C)(=O)=O)cc2)N=C1c1ccc(OC(F)(F)F)c(OC)c1. The van der Waals surface area contributed by atoms with Crippen LogP contribution in [0.15, 0.2) is 47.6 Å². The second-order valence-electron chi connectivity index (χ2n) is 7.73. The summed E-state index contributed by atoms with van der Waals surface area (Å²) in [6, 6.07) is 10.5. The average Bonchev–Trinajstić information content (AvgIpc) is 2.74. The maximum Gasteiger partial charge on any atom is 0.573 e. The van der Waals surface area contributed by atoms with Crippen LogP contribution in [-0.4, -0.2) is 44.8 Å². The van der Waals surface area contributed by atoms with E-state index in [1.54, 1.807) is 24.3 Å². The zero-order chi connectivity index (χ0) is 25.1. The van der Waals surface area contributed by atoms with E-state index < -0.39 is 22.1 Å². The molecule has 0 spiro atoms. The van der Waals surface area contributed by atoms with Crippen molar-refractivity contribution in [2.45, 2.75) is 32.7 Å². The average molecular weight is 500 g/mol. The van der Waals surface area contributed by atoms with E-state index in [1.807, 2.05) is 6.92 Å². The van der Waals surface area contributed by atoms with E-state index in [0.717, 1.165) is 17.9 Å². The van der Waals surface area contributed by atoms with Gasteiger partial charge in [-0.25, -0.2) is 13.4 Å². The Bertz CT molecular complexity index is 1180. The van der Waals surface area contributed by atoms with Crippen molar-refractivity contribution >= 4 is 27.3 Å². The fraction of sp³-hybridized carbons (Fsp3) is 0.364. The van der Waals surface area contributed by atoms with Crippen LogP contribution in [0.5, 0.6) is 11.5 Å². The summed E-state index contributed by atoms with van der Waals surface area (Å²) in [5.41, 5.74) is 2.18. The first-order chi connectivity index (χ1) is 15.9. The van der Waals surface area contributed by atoms with E-state index in [0.29, 0.717) is 23.4 Å². The zero-order valence-corrected chi connectivity index (χ0v) is 19.5. The zero-order valence-electron chi connectivity index (χ0n) is 18.7. The molecule has 0 aliphatic carbocycles. The van der Waals surface area contributed by atoms with E-state index in [-0.39, 0.29) is 30.5 Å². The highest BCUT2D eigenvalue weighted by molar-refractivity contribution is 7.92. The summed E-state index contributed by atoms with van der Waals surface area (Å²) in [5.74, 6) is -0.995. The van der Waals surface area contributed by atoms with Crippen LogP contribution in [0.4, 0.5) is 18.9 Å². The molecule has 0 radical (unpaired) electrons. The van der Waals surface area contributed by atoms with Crippen molar-refractivity contribution in [3.05, 3.63) is 53.6 Å². The summed E-state index contributed by atoms with van der Waals surface area (Å²) in [6.45, 7) is 2.04. The maximum absolute atomic E-state index is 12.7.